The molecule has 0 atom stereocenters. The fourth-order valence-electron chi connectivity index (χ4n) is 2.04. The number of aromatic nitrogens is 1. The number of amides is 1. The smallest absolute Gasteiger partial charge is 0.257 e. The van der Waals surface area contributed by atoms with E-state index in [0.717, 1.165) is 11.3 Å². The second-order valence-corrected chi connectivity index (χ2v) is 4.76. The lowest BCUT2D eigenvalue weighted by Gasteiger charge is -2.06. The number of hydrogen-bond acceptors (Lipinski definition) is 2. The molecule has 0 aliphatic rings. The Hall–Kier alpha value is -3.01. The number of nitrogens with one attached hydrogen (secondary N) is 1. The Kier molecular flexibility index (Phi) is 3.92. The number of carbonyl (C=O) groups excluding carboxylic acids is 1. The van der Waals surface area contributed by atoms with Gasteiger partial charge in [-0.2, -0.15) is 0 Å². The minimum absolute atomic E-state index is 0.279. The zero-order valence-corrected chi connectivity index (χ0v) is 11.7. The molecule has 0 radical (unpaired) electrons. The van der Waals surface area contributed by atoms with Crippen molar-refractivity contribution in [3.05, 3.63) is 84.3 Å². The van der Waals surface area contributed by atoms with E-state index in [0.29, 0.717) is 11.3 Å². The highest BCUT2D eigenvalue weighted by Gasteiger charge is 2.07. The Labute approximate surface area is 127 Å². The first-order valence-electron chi connectivity index (χ1n) is 6.81. The van der Waals surface area contributed by atoms with Crippen LogP contribution in [0.4, 0.5) is 10.1 Å². The number of rotatable bonds is 3. The first-order chi connectivity index (χ1) is 10.7. The van der Waals surface area contributed by atoms with Crippen molar-refractivity contribution in [2.24, 2.45) is 0 Å². The van der Waals surface area contributed by atoms with E-state index >= 15 is 0 Å². The largest absolute Gasteiger partial charge is 0.322 e. The van der Waals surface area contributed by atoms with E-state index in [4.69, 9.17) is 0 Å². The van der Waals surface area contributed by atoms with E-state index in [1.165, 1.54) is 30.5 Å². The Morgan fingerprint density at radius 2 is 1.64 bits per heavy atom. The summed E-state index contributed by atoms with van der Waals surface area (Å²) in [5.74, 6) is -0.620. The van der Waals surface area contributed by atoms with E-state index in [2.05, 4.69) is 10.3 Å². The third kappa shape index (κ3) is 3.17. The molecular formula is C18H13FN2O. The standard InChI is InChI=1S/C18H13FN2O/c19-15-7-9-16(10-8-15)21-18(22)14-6-11-17(20-12-14)13-4-2-1-3-5-13/h1-12H,(H,21,22). The summed E-state index contributed by atoms with van der Waals surface area (Å²) in [4.78, 5) is 16.4. The normalized spacial score (nSPS) is 10.2. The predicted octanol–water partition coefficient (Wildman–Crippen LogP) is 4.14. The average molecular weight is 292 g/mol. The molecule has 2 aromatic carbocycles. The maximum Gasteiger partial charge on any atom is 0.257 e. The Balaban J connectivity index is 1.75. The molecular weight excluding hydrogens is 279 g/mol. The van der Waals surface area contributed by atoms with Crippen LogP contribution < -0.4 is 5.32 Å². The summed E-state index contributed by atoms with van der Waals surface area (Å²) in [5, 5.41) is 2.70. The summed E-state index contributed by atoms with van der Waals surface area (Å²) in [6.07, 6.45) is 1.53. The maximum absolute atomic E-state index is 12.8. The lowest BCUT2D eigenvalue weighted by atomic mass is 10.1. The number of carbonyl (C=O) groups is 1. The van der Waals surface area contributed by atoms with Crippen molar-refractivity contribution in [2.45, 2.75) is 0 Å². The molecule has 0 aliphatic heterocycles. The van der Waals surface area contributed by atoms with Crippen LogP contribution in [0.5, 0.6) is 0 Å². The van der Waals surface area contributed by atoms with Crippen LogP contribution in [-0.4, -0.2) is 10.9 Å². The SMILES string of the molecule is O=C(Nc1ccc(F)cc1)c1ccc(-c2ccccc2)nc1. The molecule has 1 heterocycles. The predicted molar refractivity (Wildman–Crippen MR) is 84.0 cm³/mol. The van der Waals surface area contributed by atoms with Crippen molar-refractivity contribution < 1.29 is 9.18 Å². The lowest BCUT2D eigenvalue weighted by Crippen LogP contribution is -2.12. The van der Waals surface area contributed by atoms with Gasteiger partial charge in [0.05, 0.1) is 11.3 Å². The Morgan fingerprint density at radius 3 is 2.27 bits per heavy atom. The van der Waals surface area contributed by atoms with E-state index < -0.39 is 0 Å². The first kappa shape index (κ1) is 13.9. The molecule has 22 heavy (non-hydrogen) atoms. The van der Waals surface area contributed by atoms with Gasteiger partial charge in [-0.1, -0.05) is 30.3 Å². The summed E-state index contributed by atoms with van der Waals surface area (Å²) < 4.78 is 12.8. The van der Waals surface area contributed by atoms with Crippen molar-refractivity contribution in [1.82, 2.24) is 4.98 Å². The van der Waals surface area contributed by atoms with Crippen molar-refractivity contribution in [3.63, 3.8) is 0 Å². The quantitative estimate of drug-likeness (QED) is 0.788. The zero-order valence-electron chi connectivity index (χ0n) is 11.7. The average Bonchev–Trinajstić information content (AvgIpc) is 2.58. The Morgan fingerprint density at radius 1 is 0.909 bits per heavy atom. The number of nitrogens with zero attached hydrogens (tertiary/aromatic N) is 1. The molecule has 108 valence electrons. The first-order valence-corrected chi connectivity index (χ1v) is 6.81. The fraction of sp³-hybridized carbons (Fsp3) is 0. The van der Waals surface area contributed by atoms with Crippen molar-refractivity contribution >= 4 is 11.6 Å². The molecule has 0 saturated heterocycles. The molecule has 1 amide bonds. The van der Waals surface area contributed by atoms with Gasteiger partial charge in [-0.15, -0.1) is 0 Å². The van der Waals surface area contributed by atoms with Crippen LogP contribution in [0, 0.1) is 5.82 Å². The van der Waals surface area contributed by atoms with Crippen LogP contribution >= 0.6 is 0 Å². The monoisotopic (exact) mass is 292 g/mol. The molecule has 0 aliphatic carbocycles. The van der Waals surface area contributed by atoms with Gasteiger partial charge in [-0.3, -0.25) is 9.78 Å². The van der Waals surface area contributed by atoms with E-state index in [9.17, 15) is 9.18 Å². The molecule has 1 N–H and O–H groups in total. The molecule has 0 unspecified atom stereocenters. The molecule has 4 heteroatoms. The molecule has 0 spiro atoms. The molecule has 3 rings (SSSR count). The zero-order chi connectivity index (χ0) is 15.4. The second kappa shape index (κ2) is 6.18. The van der Waals surface area contributed by atoms with E-state index in [1.807, 2.05) is 30.3 Å². The highest BCUT2D eigenvalue weighted by Crippen LogP contribution is 2.17. The van der Waals surface area contributed by atoms with E-state index in [1.54, 1.807) is 12.1 Å². The highest BCUT2D eigenvalue weighted by molar-refractivity contribution is 6.04. The molecule has 3 nitrogen and oxygen atoms in total. The van der Waals surface area contributed by atoms with Crippen LogP contribution in [0.1, 0.15) is 10.4 Å². The number of benzene rings is 2. The van der Waals surface area contributed by atoms with Crippen LogP contribution in [0.15, 0.2) is 72.9 Å². The van der Waals surface area contributed by atoms with Crippen LogP contribution in [0.3, 0.4) is 0 Å². The number of pyridine rings is 1. The summed E-state index contributed by atoms with van der Waals surface area (Å²) in [5.41, 5.74) is 2.79. The second-order valence-electron chi connectivity index (χ2n) is 4.76. The third-order valence-electron chi connectivity index (χ3n) is 3.20. The van der Waals surface area contributed by atoms with Crippen molar-refractivity contribution in [2.75, 3.05) is 5.32 Å². The van der Waals surface area contributed by atoms with Crippen LogP contribution in [0.2, 0.25) is 0 Å². The molecule has 1 aromatic heterocycles. The Bertz CT molecular complexity index is 768. The number of halogens is 1. The van der Waals surface area contributed by atoms with Gasteiger partial charge in [0.25, 0.3) is 5.91 Å². The number of hydrogen-bond donors (Lipinski definition) is 1. The molecule has 0 saturated carbocycles. The minimum atomic E-state index is -0.341. The molecule has 3 aromatic rings. The van der Waals surface area contributed by atoms with Gasteiger partial charge in [0, 0.05) is 17.4 Å². The summed E-state index contributed by atoms with van der Waals surface area (Å²) in [6, 6.07) is 18.9. The highest BCUT2D eigenvalue weighted by atomic mass is 19.1. The third-order valence-corrected chi connectivity index (χ3v) is 3.20. The van der Waals surface area contributed by atoms with Gasteiger partial charge in [0.2, 0.25) is 0 Å². The molecule has 0 fully saturated rings. The van der Waals surface area contributed by atoms with Crippen molar-refractivity contribution in [1.29, 1.82) is 0 Å². The van der Waals surface area contributed by atoms with E-state index in [-0.39, 0.29) is 11.7 Å². The van der Waals surface area contributed by atoms with Gasteiger partial charge >= 0.3 is 0 Å². The van der Waals surface area contributed by atoms with Crippen LogP contribution in [-0.2, 0) is 0 Å². The summed E-state index contributed by atoms with van der Waals surface area (Å²) in [7, 11) is 0. The minimum Gasteiger partial charge on any atom is -0.322 e. The van der Waals surface area contributed by atoms with Crippen molar-refractivity contribution in [3.8, 4) is 11.3 Å². The molecule has 0 bridgehead atoms. The summed E-state index contributed by atoms with van der Waals surface area (Å²) in [6.45, 7) is 0. The van der Waals surface area contributed by atoms with Crippen LogP contribution in [0.25, 0.3) is 11.3 Å². The lowest BCUT2D eigenvalue weighted by molar-refractivity contribution is 0.102. The topological polar surface area (TPSA) is 42.0 Å². The van der Waals surface area contributed by atoms with Gasteiger partial charge in [-0.05, 0) is 36.4 Å². The number of anilines is 1. The van der Waals surface area contributed by atoms with Gasteiger partial charge in [-0.25, -0.2) is 4.39 Å². The van der Waals surface area contributed by atoms with Gasteiger partial charge in [0.15, 0.2) is 0 Å². The van der Waals surface area contributed by atoms with Gasteiger partial charge in [0.1, 0.15) is 5.82 Å². The fourth-order valence-corrected chi connectivity index (χ4v) is 2.04. The van der Waals surface area contributed by atoms with Gasteiger partial charge < -0.3 is 5.32 Å². The summed E-state index contributed by atoms with van der Waals surface area (Å²) >= 11 is 0. The maximum atomic E-state index is 12.8.